The molecular formula is C29H21F3N2O5S. The number of rotatable bonds is 9. The number of pyridine rings is 1. The van der Waals surface area contributed by atoms with Crippen molar-refractivity contribution < 1.29 is 37.3 Å². The second-order valence-corrected chi connectivity index (χ2v) is 9.76. The number of aromatic nitrogens is 2. The van der Waals surface area contributed by atoms with Crippen LogP contribution >= 0.6 is 11.3 Å². The number of alkyl halides is 3. The molecule has 0 fully saturated rings. The summed E-state index contributed by atoms with van der Waals surface area (Å²) in [5.74, 6) is -0.413. The smallest absolute Gasteiger partial charge is 0.486 e. The number of fused-ring (bicyclic) bond motifs is 1. The van der Waals surface area contributed by atoms with Gasteiger partial charge in [-0.15, -0.1) is 24.5 Å². The van der Waals surface area contributed by atoms with Crippen LogP contribution in [-0.2, 0) is 11.4 Å². The molecule has 2 heterocycles. The number of nitrogens with zero attached hydrogens (tertiary/aromatic N) is 2. The predicted octanol–water partition coefficient (Wildman–Crippen LogP) is 7.27. The van der Waals surface area contributed by atoms with Gasteiger partial charge in [0.25, 0.3) is 0 Å². The van der Waals surface area contributed by atoms with Crippen molar-refractivity contribution >= 4 is 28.2 Å². The van der Waals surface area contributed by atoms with Crippen LogP contribution < -0.4 is 14.2 Å². The molecule has 0 aliphatic rings. The third kappa shape index (κ3) is 6.49. The maximum atomic E-state index is 12.6. The zero-order valence-corrected chi connectivity index (χ0v) is 21.8. The molecule has 0 aliphatic heterocycles. The predicted molar refractivity (Wildman–Crippen MR) is 144 cm³/mol. The van der Waals surface area contributed by atoms with Crippen molar-refractivity contribution in [2.75, 3.05) is 6.61 Å². The van der Waals surface area contributed by atoms with E-state index in [-0.39, 0.29) is 12.4 Å². The molecule has 204 valence electrons. The normalized spacial score (nSPS) is 11.4. The zero-order chi connectivity index (χ0) is 28.3. The Bertz CT molecular complexity index is 1670. The number of ether oxygens (including phenoxy) is 3. The van der Waals surface area contributed by atoms with E-state index in [9.17, 15) is 18.0 Å². The number of hydrogen-bond donors (Lipinski definition) is 1. The number of halogens is 3. The lowest BCUT2D eigenvalue weighted by atomic mass is 10.1. The number of hydrogen-bond acceptors (Lipinski definition) is 7. The van der Waals surface area contributed by atoms with Crippen LogP contribution in [0, 0.1) is 6.92 Å². The van der Waals surface area contributed by atoms with Gasteiger partial charge in [0.05, 0.1) is 16.1 Å². The molecule has 0 saturated carbocycles. The lowest BCUT2D eigenvalue weighted by Gasteiger charge is -2.10. The van der Waals surface area contributed by atoms with Gasteiger partial charge in [-0.2, -0.15) is 0 Å². The van der Waals surface area contributed by atoms with Crippen molar-refractivity contribution in [3.63, 3.8) is 0 Å². The van der Waals surface area contributed by atoms with E-state index in [4.69, 9.17) is 19.6 Å². The monoisotopic (exact) mass is 566 g/mol. The molecule has 0 spiro atoms. The topological polar surface area (TPSA) is 90.8 Å². The first-order valence-electron chi connectivity index (χ1n) is 11.9. The number of carbonyl (C=O) groups is 1. The molecule has 1 N–H and O–H groups in total. The average Bonchev–Trinajstić information content (AvgIpc) is 3.35. The van der Waals surface area contributed by atoms with Crippen molar-refractivity contribution in [3.8, 4) is 38.9 Å². The first kappa shape index (κ1) is 26.9. The molecule has 7 nitrogen and oxygen atoms in total. The molecule has 0 bridgehead atoms. The summed E-state index contributed by atoms with van der Waals surface area (Å²) < 4.78 is 53.1. The third-order valence-electron chi connectivity index (χ3n) is 5.75. The Balaban J connectivity index is 1.44. The maximum absolute atomic E-state index is 12.6. The Morgan fingerprint density at radius 3 is 2.42 bits per heavy atom. The van der Waals surface area contributed by atoms with Gasteiger partial charge in [0.15, 0.2) is 6.61 Å². The van der Waals surface area contributed by atoms with Gasteiger partial charge in [-0.1, -0.05) is 18.2 Å². The summed E-state index contributed by atoms with van der Waals surface area (Å²) in [5, 5.41) is 10.4. The van der Waals surface area contributed by atoms with Gasteiger partial charge >= 0.3 is 12.3 Å². The molecule has 5 rings (SSSR count). The lowest BCUT2D eigenvalue weighted by Crippen LogP contribution is -2.16. The summed E-state index contributed by atoms with van der Waals surface area (Å²) in [6.07, 6.45) is -3.04. The largest absolute Gasteiger partial charge is 0.573 e. The number of carboxylic acids is 1. The van der Waals surface area contributed by atoms with Crippen LogP contribution in [0.1, 0.15) is 10.6 Å². The van der Waals surface area contributed by atoms with Crippen molar-refractivity contribution in [1.82, 2.24) is 9.97 Å². The van der Waals surface area contributed by atoms with E-state index in [1.165, 1.54) is 35.6 Å². The first-order valence-corrected chi connectivity index (χ1v) is 12.8. The minimum absolute atomic E-state index is 0.128. The Hall–Kier alpha value is -4.64. The van der Waals surface area contributed by atoms with E-state index in [1.807, 2.05) is 30.3 Å². The van der Waals surface area contributed by atoms with Crippen LogP contribution in [0.25, 0.3) is 32.6 Å². The second kappa shape index (κ2) is 11.2. The molecule has 5 aromatic rings. The number of aliphatic carboxylic acids is 1. The number of carboxylic acid groups (broad SMARTS) is 1. The summed E-state index contributed by atoms with van der Waals surface area (Å²) in [5.41, 5.74) is 3.54. The van der Waals surface area contributed by atoms with E-state index in [0.29, 0.717) is 33.3 Å². The highest BCUT2D eigenvalue weighted by atomic mass is 32.1. The Labute approximate surface area is 230 Å². The van der Waals surface area contributed by atoms with Gasteiger partial charge in [-0.3, -0.25) is 4.98 Å². The number of para-hydroxylation sites is 1. The summed E-state index contributed by atoms with van der Waals surface area (Å²) in [4.78, 5) is 20.9. The molecule has 40 heavy (non-hydrogen) atoms. The fraction of sp³-hybridized carbons (Fsp3) is 0.138. The highest BCUT2D eigenvalue weighted by molar-refractivity contribution is 7.15. The highest BCUT2D eigenvalue weighted by Crippen LogP contribution is 2.39. The van der Waals surface area contributed by atoms with Gasteiger partial charge in [0, 0.05) is 22.7 Å². The van der Waals surface area contributed by atoms with Crippen molar-refractivity contribution in [2.24, 2.45) is 0 Å². The average molecular weight is 567 g/mol. The van der Waals surface area contributed by atoms with Crippen LogP contribution in [0.3, 0.4) is 0 Å². The molecular weight excluding hydrogens is 545 g/mol. The minimum atomic E-state index is -4.78. The number of benzene rings is 3. The molecule has 0 aliphatic carbocycles. The number of thiazole rings is 1. The molecule has 0 amide bonds. The van der Waals surface area contributed by atoms with Crippen LogP contribution in [0.15, 0.2) is 79.0 Å². The first-order chi connectivity index (χ1) is 19.1. The van der Waals surface area contributed by atoms with Crippen LogP contribution in [0.2, 0.25) is 0 Å². The lowest BCUT2D eigenvalue weighted by molar-refractivity contribution is -0.274. The Kier molecular flexibility index (Phi) is 7.56. The molecule has 0 saturated heterocycles. The molecule has 0 radical (unpaired) electrons. The fourth-order valence-electron chi connectivity index (χ4n) is 3.99. The maximum Gasteiger partial charge on any atom is 0.573 e. The highest BCUT2D eigenvalue weighted by Gasteiger charge is 2.31. The van der Waals surface area contributed by atoms with Crippen LogP contribution in [0.5, 0.6) is 17.2 Å². The molecule has 2 aromatic heterocycles. The summed E-state index contributed by atoms with van der Waals surface area (Å²) in [7, 11) is 0. The third-order valence-corrected chi connectivity index (χ3v) is 6.82. The van der Waals surface area contributed by atoms with Crippen molar-refractivity contribution in [3.05, 3.63) is 89.6 Å². The summed E-state index contributed by atoms with van der Waals surface area (Å²) in [6, 6.07) is 20.3. The van der Waals surface area contributed by atoms with Gasteiger partial charge < -0.3 is 19.3 Å². The van der Waals surface area contributed by atoms with E-state index < -0.39 is 18.9 Å². The summed E-state index contributed by atoms with van der Waals surface area (Å²) in [6.45, 7) is 1.46. The van der Waals surface area contributed by atoms with E-state index in [0.717, 1.165) is 21.3 Å². The molecule has 3 aromatic carbocycles. The van der Waals surface area contributed by atoms with Gasteiger partial charge in [-0.25, -0.2) is 9.78 Å². The van der Waals surface area contributed by atoms with Crippen LogP contribution in [0.4, 0.5) is 13.2 Å². The SMILES string of the molecule is Cc1cc(OCc2nc(-c3ccc(OC(F)(F)F)cc3)c(-c3cnc4ccccc4c3)s2)ccc1OCC(=O)O. The fourth-order valence-corrected chi connectivity index (χ4v) is 4.97. The van der Waals surface area contributed by atoms with Gasteiger partial charge in [0.1, 0.15) is 28.9 Å². The minimum Gasteiger partial charge on any atom is -0.486 e. The van der Waals surface area contributed by atoms with E-state index >= 15 is 0 Å². The van der Waals surface area contributed by atoms with E-state index in [2.05, 4.69) is 9.72 Å². The molecule has 11 heteroatoms. The molecule has 0 unspecified atom stereocenters. The molecule has 0 atom stereocenters. The van der Waals surface area contributed by atoms with Crippen LogP contribution in [-0.4, -0.2) is 34.0 Å². The van der Waals surface area contributed by atoms with E-state index in [1.54, 1.807) is 31.3 Å². The zero-order valence-electron chi connectivity index (χ0n) is 20.9. The van der Waals surface area contributed by atoms with Crippen molar-refractivity contribution in [2.45, 2.75) is 19.9 Å². The Morgan fingerprint density at radius 2 is 1.70 bits per heavy atom. The number of aryl methyl sites for hydroxylation is 1. The van der Waals surface area contributed by atoms with Gasteiger partial charge in [-0.05, 0) is 67.1 Å². The quantitative estimate of drug-likeness (QED) is 0.201. The van der Waals surface area contributed by atoms with Crippen molar-refractivity contribution in [1.29, 1.82) is 0 Å². The van der Waals surface area contributed by atoms with Gasteiger partial charge in [0.2, 0.25) is 0 Å². The Morgan fingerprint density at radius 1 is 0.950 bits per heavy atom. The summed E-state index contributed by atoms with van der Waals surface area (Å²) >= 11 is 1.39. The second-order valence-electron chi connectivity index (χ2n) is 8.67. The standard InChI is InChI=1S/C29H21F3N2O5S/c1-17-12-22(10-11-24(17)38-16-26(35)36)37-15-25-34-27(18-6-8-21(9-7-18)39-29(30,31)32)28(40-25)20-13-19-4-2-3-5-23(19)33-14-20/h2-14H,15-16H2,1H3,(H,35,36).